The molecule has 10 aromatic heterocycles. The number of carbonyl (C=O) groups is 10. The number of H-pyrrole nitrogens is 2. The van der Waals surface area contributed by atoms with Crippen LogP contribution in [0.1, 0.15) is 150 Å². The average molecular weight is 2240 g/mol. The third kappa shape index (κ3) is 30.3. The number of aromatic carboxylic acids is 1. The maximum atomic E-state index is 14.1. The summed E-state index contributed by atoms with van der Waals surface area (Å²) in [5.41, 5.74) is 2.06. The van der Waals surface area contributed by atoms with Crippen molar-refractivity contribution in [2.24, 2.45) is 11.7 Å². The van der Waals surface area contributed by atoms with Gasteiger partial charge in [-0.25, -0.2) is 89.8 Å². The quantitative estimate of drug-likeness (QED) is 0.0178. The molecule has 1 aliphatic carbocycles. The van der Waals surface area contributed by atoms with Gasteiger partial charge < -0.3 is 77.3 Å². The second-order valence-corrected chi connectivity index (χ2v) is 32.7. The number of amides is 4. The van der Waals surface area contributed by atoms with Gasteiger partial charge >= 0.3 is 29.6 Å². The zero-order valence-electron chi connectivity index (χ0n) is 69.9. The summed E-state index contributed by atoms with van der Waals surface area (Å²) in [6.07, 6.45) is 13.3. The number of rotatable bonds is 12. The highest BCUT2D eigenvalue weighted by molar-refractivity contribution is 9.12. The summed E-state index contributed by atoms with van der Waals surface area (Å²) >= 11 is 17.5. The van der Waals surface area contributed by atoms with E-state index in [1.54, 1.807) is 86.7 Å². The molecule has 0 radical (unpaired) electrons. The fourth-order valence-corrected chi connectivity index (χ4v) is 12.7. The molecule has 3 aliphatic heterocycles. The van der Waals surface area contributed by atoms with Gasteiger partial charge in [0.05, 0.1) is 49.2 Å². The highest BCUT2D eigenvalue weighted by Gasteiger charge is 2.51. The summed E-state index contributed by atoms with van der Waals surface area (Å²) in [5.74, 6) is -12.5. The van der Waals surface area contributed by atoms with Crippen molar-refractivity contribution in [3.05, 3.63) is 288 Å². The maximum absolute atomic E-state index is 14.1. The van der Waals surface area contributed by atoms with E-state index in [2.05, 4.69) is 181 Å². The number of nitrogens with two attached hydrogens (primary N) is 2. The molecule has 53 heteroatoms. The van der Waals surface area contributed by atoms with Crippen molar-refractivity contribution in [2.75, 3.05) is 36.2 Å². The van der Waals surface area contributed by atoms with Gasteiger partial charge in [-0.2, -0.15) is 9.12 Å². The zero-order chi connectivity index (χ0) is 99.5. The number of hydrogen-bond acceptors (Lipinski definition) is 29. The van der Waals surface area contributed by atoms with Gasteiger partial charge in [-0.3, -0.25) is 52.3 Å². The summed E-state index contributed by atoms with van der Waals surface area (Å²) < 4.78 is 124. The lowest BCUT2D eigenvalue weighted by molar-refractivity contribution is -0.610. The Hall–Kier alpha value is -13.4. The predicted molar refractivity (Wildman–Crippen MR) is 474 cm³/mol. The van der Waals surface area contributed by atoms with Gasteiger partial charge in [0.15, 0.2) is 64.0 Å². The van der Waals surface area contributed by atoms with Crippen LogP contribution in [-0.4, -0.2) is 149 Å². The van der Waals surface area contributed by atoms with Crippen LogP contribution in [0.15, 0.2) is 180 Å². The van der Waals surface area contributed by atoms with Crippen molar-refractivity contribution in [1.29, 1.82) is 0 Å². The third-order valence-electron chi connectivity index (χ3n) is 16.0. The molecule has 12 N–H and O–H groups in total. The van der Waals surface area contributed by atoms with Crippen LogP contribution in [-0.2, 0) is 39.9 Å². The summed E-state index contributed by atoms with van der Waals surface area (Å²) in [5, 5.41) is 32.7. The number of pyridine rings is 7. The van der Waals surface area contributed by atoms with E-state index in [1.165, 1.54) is 63.7 Å². The number of primary amides is 1. The number of nitrogens with one attached hydrogen (secondary N) is 7. The van der Waals surface area contributed by atoms with Crippen molar-refractivity contribution < 1.29 is 107 Å². The Labute approximate surface area is 789 Å². The number of ketones is 2. The first-order chi connectivity index (χ1) is 61.7. The number of halogens is 14. The SMILES string of the molecule is CC(C)=O.CC1(C)NC(=O)C2=C(F)C=C(Br)C(=O)C21.CC1(C)NC(=O)c2c(F)cc(Nc3ccncn3)c(=O)n21.CC1(C)NC(=O)c2c(F)cc(Nc3ccncn3)c(=O)n21.CCOC(=O)c1[nH]c(=O)c(Br)cc1F.CCOC(=O)c1c(F)cc(Br)c[n+]1[O-].CCOC(=O)c1ncc(Br)cc1F.NC(=O)c1[nH]c(=O)c(Br)cc1F.Nc1ccncn1.O=C(O)c1ncc(Br)cc1F. The van der Waals surface area contributed by atoms with Crippen molar-refractivity contribution in [2.45, 2.75) is 93.0 Å². The number of carbonyl (C=O) groups excluding carboxylic acids is 9. The molecule has 13 heterocycles. The van der Waals surface area contributed by atoms with Crippen molar-refractivity contribution in [1.82, 2.24) is 74.9 Å². The highest BCUT2D eigenvalue weighted by atomic mass is 79.9. The Bertz CT molecular complexity index is 6210. The van der Waals surface area contributed by atoms with Gasteiger partial charge in [0.25, 0.3) is 45.9 Å². The highest BCUT2D eigenvalue weighted by Crippen LogP contribution is 2.41. The van der Waals surface area contributed by atoms with E-state index in [-0.39, 0.29) is 88.0 Å². The van der Waals surface area contributed by atoms with Crippen LogP contribution >= 0.6 is 95.6 Å². The normalized spacial score (nSPS) is 13.6. The average Bonchev–Trinajstić information content (AvgIpc) is 1.60. The van der Waals surface area contributed by atoms with Crippen molar-refractivity contribution >= 4 is 183 Å². The number of aromatic amines is 2. The molecule has 4 amide bonds. The summed E-state index contributed by atoms with van der Waals surface area (Å²) in [7, 11) is 0. The number of nitrogens with zero attached hydrogens (tertiary/aromatic N) is 11. The standard InChI is InChI=1S/2C13H12FN5O2.C10H9BrFNO2.2C8H7BrFNO3.C8H7BrFNO2.C6H4BrFN2O2.C6H3BrFNO2.C4H5N3.C3H6O/c2*1-13(2)18-11(20)10-7(14)5-8(12(21)19(10)13)17-9-3-4-15-6-16-9;1-10(2)7-6(9(15)13-10)5(12)3-4(11)8(7)14;1-2-14-8(12)7-6(10)3-5(9)4-11(7)13;1-2-14-8(13)6-5(10)3-4(9)7(12)11-6;1-2-13-8(12)7-6(10)3-5(9)4-11-7;7-2-1-3(8)4(5(9)11)10-6(2)12;7-3-1-4(8)5(6(10)11)9-2-3;5-4-1-2-6-3-7-4;1-3(2)4/h2*3-6H,1-2H3,(H,18,20)(H,15,16,17);3,7H,1-2H3,(H,13,15);3-4H,2H2,1H3;3H,2H2,1H3,(H,11,12);3-4H,2H2,1H3;1H,(H2,9,11)(H,10,12);1-2H,(H,10,11);1-3H,(H2,5,6,7);1-2H3. The largest absolute Gasteiger partial charge is 0.618 e. The lowest BCUT2D eigenvalue weighted by Crippen LogP contribution is -2.42. The second-order valence-electron chi connectivity index (χ2n) is 27.3. The van der Waals surface area contributed by atoms with E-state index in [0.29, 0.717) is 26.4 Å². The molecule has 10 aromatic rings. The van der Waals surface area contributed by atoms with Gasteiger partial charge in [0.1, 0.15) is 87.8 Å². The molecule has 1 saturated heterocycles. The fraction of sp³-hybridized carbons (Fsp3) is 0.228. The smallest absolute Gasteiger partial charge is 0.408 e. The maximum Gasteiger partial charge on any atom is 0.408 e. The van der Waals surface area contributed by atoms with Crippen LogP contribution in [0.3, 0.4) is 0 Å². The van der Waals surface area contributed by atoms with Crippen LogP contribution in [0.4, 0.5) is 64.0 Å². The van der Waals surface area contributed by atoms with E-state index < -0.39 is 162 Å². The first kappa shape index (κ1) is 109. The minimum Gasteiger partial charge on any atom is -0.618 e. The van der Waals surface area contributed by atoms with E-state index in [9.17, 15) is 107 Å². The van der Waals surface area contributed by atoms with E-state index >= 15 is 0 Å². The lowest BCUT2D eigenvalue weighted by Gasteiger charge is -2.26. The van der Waals surface area contributed by atoms with E-state index in [1.807, 2.05) is 4.98 Å². The van der Waals surface area contributed by atoms with Crippen LogP contribution < -0.4 is 65.0 Å². The van der Waals surface area contributed by atoms with Gasteiger partial charge in [-0.1, -0.05) is 0 Å². The number of fused-ring (bicyclic) bond motifs is 3. The molecule has 1 fully saturated rings. The number of Topliss-reactive ketones (excluding diaryl/α,β-unsaturated/α-hetero) is 2. The number of nitrogen functional groups attached to an aromatic ring is 1. The van der Waals surface area contributed by atoms with Crippen molar-refractivity contribution in [3.63, 3.8) is 0 Å². The molecular weight excluding hydrogens is 2160 g/mol. The minimum absolute atomic E-state index is 0.000440. The fourth-order valence-electron chi connectivity index (χ4n) is 10.7. The monoisotopic (exact) mass is 2230 g/mol. The molecule has 1 atom stereocenters. The van der Waals surface area contributed by atoms with Crippen LogP contribution in [0.5, 0.6) is 0 Å². The molecule has 0 bridgehead atoms. The van der Waals surface area contributed by atoms with E-state index in [0.717, 1.165) is 57.8 Å². The van der Waals surface area contributed by atoms with Gasteiger partial charge in [-0.05, 0) is 220 Å². The Morgan fingerprint density at radius 2 is 0.939 bits per heavy atom. The molecule has 4 aliphatic rings. The topological polar surface area (TPSA) is 571 Å². The number of anilines is 5. The number of aromatic nitrogens is 13. The molecule has 0 saturated carbocycles. The number of hydrogen-bond donors (Lipinski definition) is 10. The lowest BCUT2D eigenvalue weighted by atomic mass is 9.80. The van der Waals surface area contributed by atoms with Crippen LogP contribution in [0.2, 0.25) is 0 Å². The Balaban J connectivity index is 0.000000265. The molecular formula is C79H72Br6F8N20O19. The molecule has 14 rings (SSSR count). The molecule has 39 nitrogen and oxygen atoms in total. The summed E-state index contributed by atoms with van der Waals surface area (Å²) in [6, 6.07) is 11.8. The van der Waals surface area contributed by atoms with Crippen molar-refractivity contribution in [3.8, 4) is 0 Å². The molecule has 132 heavy (non-hydrogen) atoms. The van der Waals surface area contributed by atoms with Gasteiger partial charge in [0, 0.05) is 63.7 Å². The third-order valence-corrected chi connectivity index (χ3v) is 19.1. The van der Waals surface area contributed by atoms with Crippen LogP contribution in [0, 0.1) is 51.8 Å². The number of carboxylic acid groups (broad SMARTS) is 1. The van der Waals surface area contributed by atoms with E-state index in [4.69, 9.17) is 16.6 Å². The van der Waals surface area contributed by atoms with Gasteiger partial charge in [-0.15, -0.1) is 0 Å². The van der Waals surface area contributed by atoms with Gasteiger partial charge in [0.2, 0.25) is 5.82 Å². The number of carboxylic acids is 1. The first-order valence-electron chi connectivity index (χ1n) is 36.8. The number of ether oxygens (including phenoxy) is 3. The first-order valence-corrected chi connectivity index (χ1v) is 41.6. The molecule has 700 valence electrons. The summed E-state index contributed by atoms with van der Waals surface area (Å²) in [6.45, 7) is 18.2. The predicted octanol–water partition coefficient (Wildman–Crippen LogP) is 11.2. The number of esters is 3. The Morgan fingerprint density at radius 1 is 0.530 bits per heavy atom. The molecule has 0 aromatic carbocycles. The molecule has 1 unspecified atom stereocenters. The minimum atomic E-state index is -1.37. The molecule has 0 spiro atoms. The summed E-state index contributed by atoms with van der Waals surface area (Å²) in [4.78, 5) is 191. The number of allylic oxidation sites excluding steroid dienone is 3. The Morgan fingerprint density at radius 3 is 1.33 bits per heavy atom. The second kappa shape index (κ2) is 49.0. The van der Waals surface area contributed by atoms with Crippen LogP contribution in [0.25, 0.3) is 0 Å². The zero-order valence-corrected chi connectivity index (χ0v) is 79.4. The Kier molecular flexibility index (Phi) is 40.5.